The van der Waals surface area contributed by atoms with Crippen LogP contribution in [0.4, 0.5) is 10.1 Å². The number of aromatic nitrogens is 4. The second-order valence-corrected chi connectivity index (χ2v) is 5.29. The van der Waals surface area contributed by atoms with E-state index in [9.17, 15) is 8.60 Å². The lowest BCUT2D eigenvalue weighted by Gasteiger charge is -2.06. The van der Waals surface area contributed by atoms with Crippen molar-refractivity contribution in [2.75, 3.05) is 17.7 Å². The van der Waals surface area contributed by atoms with E-state index in [-0.39, 0.29) is 5.69 Å². The van der Waals surface area contributed by atoms with E-state index in [1.807, 2.05) is 0 Å². The molecule has 2 N–H and O–H groups in total. The first-order valence-corrected chi connectivity index (χ1v) is 6.92. The summed E-state index contributed by atoms with van der Waals surface area (Å²) in [5.41, 5.74) is 6.55. The summed E-state index contributed by atoms with van der Waals surface area (Å²) in [7, 11) is -0.932. The van der Waals surface area contributed by atoms with Crippen LogP contribution in [0.5, 0.6) is 0 Å². The predicted octanol–water partition coefficient (Wildman–Crippen LogP) is 0.440. The number of nitrogens with two attached hydrogens (primary N) is 1. The molecule has 0 aliphatic rings. The summed E-state index contributed by atoms with van der Waals surface area (Å²) >= 11 is 0. The highest BCUT2D eigenvalue weighted by atomic mass is 32.2. The molecule has 1 unspecified atom stereocenters. The van der Waals surface area contributed by atoms with Crippen molar-refractivity contribution in [2.24, 2.45) is 0 Å². The maximum atomic E-state index is 13.0. The minimum Gasteiger partial charge on any atom is -0.398 e. The molecule has 0 aliphatic heterocycles. The summed E-state index contributed by atoms with van der Waals surface area (Å²) in [6.45, 7) is 0.419. The molecule has 96 valence electrons. The SMILES string of the molecule is CS(=O)CCn1nnnc1-c1ccc(F)cc1N. The van der Waals surface area contributed by atoms with Gasteiger partial charge in [-0.3, -0.25) is 4.21 Å². The molecule has 0 spiro atoms. The highest BCUT2D eigenvalue weighted by Crippen LogP contribution is 2.23. The first-order chi connectivity index (χ1) is 8.58. The molecule has 0 fully saturated rings. The number of hydrogen-bond donors (Lipinski definition) is 1. The number of anilines is 1. The van der Waals surface area contributed by atoms with Crippen molar-refractivity contribution in [2.45, 2.75) is 6.54 Å². The number of benzene rings is 1. The second kappa shape index (κ2) is 5.21. The van der Waals surface area contributed by atoms with Crippen molar-refractivity contribution in [3.05, 3.63) is 24.0 Å². The van der Waals surface area contributed by atoms with Gasteiger partial charge in [0.05, 0.1) is 6.54 Å². The largest absolute Gasteiger partial charge is 0.398 e. The Kier molecular flexibility index (Phi) is 3.66. The molecule has 2 rings (SSSR count). The molecule has 0 bridgehead atoms. The monoisotopic (exact) mass is 269 g/mol. The summed E-state index contributed by atoms with van der Waals surface area (Å²) < 4.78 is 25.5. The Morgan fingerprint density at radius 3 is 2.94 bits per heavy atom. The van der Waals surface area contributed by atoms with Gasteiger partial charge in [-0.1, -0.05) is 0 Å². The van der Waals surface area contributed by atoms with Crippen molar-refractivity contribution in [3.8, 4) is 11.4 Å². The third-order valence-corrected chi connectivity index (χ3v) is 3.13. The molecule has 1 aromatic carbocycles. The highest BCUT2D eigenvalue weighted by Gasteiger charge is 2.12. The molecule has 0 saturated heterocycles. The van der Waals surface area contributed by atoms with E-state index >= 15 is 0 Å². The van der Waals surface area contributed by atoms with Crippen molar-refractivity contribution in [1.82, 2.24) is 20.2 Å². The number of nitrogen functional groups attached to an aromatic ring is 1. The Morgan fingerprint density at radius 2 is 2.28 bits per heavy atom. The summed E-state index contributed by atoms with van der Waals surface area (Å²) in [4.78, 5) is 0. The van der Waals surface area contributed by atoms with Crippen LogP contribution in [0.3, 0.4) is 0 Å². The van der Waals surface area contributed by atoms with E-state index in [0.29, 0.717) is 23.7 Å². The fourth-order valence-electron chi connectivity index (χ4n) is 1.50. The summed E-state index contributed by atoms with van der Waals surface area (Å²) in [6, 6.07) is 4.03. The van der Waals surface area contributed by atoms with Gasteiger partial charge in [-0.25, -0.2) is 9.07 Å². The Morgan fingerprint density at radius 1 is 1.50 bits per heavy atom. The van der Waals surface area contributed by atoms with Crippen LogP contribution in [0, 0.1) is 5.82 Å². The molecule has 18 heavy (non-hydrogen) atoms. The average Bonchev–Trinajstić information content (AvgIpc) is 2.74. The standard InChI is InChI=1S/C10H12FN5OS/c1-18(17)5-4-16-10(13-14-15-16)8-3-2-7(11)6-9(8)12/h2-3,6H,4-5,12H2,1H3. The summed E-state index contributed by atoms with van der Waals surface area (Å²) in [5.74, 6) is 0.474. The smallest absolute Gasteiger partial charge is 0.184 e. The van der Waals surface area contributed by atoms with Crippen LogP contribution in [0.1, 0.15) is 0 Å². The van der Waals surface area contributed by atoms with Crippen LogP contribution in [0.25, 0.3) is 11.4 Å². The number of tetrazole rings is 1. The number of aryl methyl sites for hydroxylation is 1. The molecule has 0 saturated carbocycles. The zero-order valence-corrected chi connectivity index (χ0v) is 10.5. The molecule has 6 nitrogen and oxygen atoms in total. The third-order valence-electron chi connectivity index (χ3n) is 2.38. The van der Waals surface area contributed by atoms with Crippen LogP contribution in [0.15, 0.2) is 18.2 Å². The van der Waals surface area contributed by atoms with Gasteiger partial charge >= 0.3 is 0 Å². The molecule has 8 heteroatoms. The zero-order valence-electron chi connectivity index (χ0n) is 9.71. The van der Waals surface area contributed by atoms with Gasteiger partial charge in [0.15, 0.2) is 5.82 Å². The van der Waals surface area contributed by atoms with Gasteiger partial charge in [-0.2, -0.15) is 0 Å². The lowest BCUT2D eigenvalue weighted by Crippen LogP contribution is -2.10. The Bertz CT molecular complexity index is 585. The zero-order chi connectivity index (χ0) is 13.1. The first kappa shape index (κ1) is 12.6. The molecule has 1 heterocycles. The van der Waals surface area contributed by atoms with Crippen LogP contribution in [-0.2, 0) is 17.3 Å². The van der Waals surface area contributed by atoms with Gasteiger partial charge in [0.25, 0.3) is 0 Å². The van der Waals surface area contributed by atoms with Crippen molar-refractivity contribution >= 4 is 16.5 Å². The normalized spacial score (nSPS) is 12.6. The molecule has 1 atom stereocenters. The number of halogens is 1. The molecule has 1 aromatic heterocycles. The highest BCUT2D eigenvalue weighted by molar-refractivity contribution is 7.84. The topological polar surface area (TPSA) is 86.7 Å². The Hall–Kier alpha value is -1.83. The minimum absolute atomic E-state index is 0.267. The minimum atomic E-state index is -0.932. The van der Waals surface area contributed by atoms with E-state index in [0.717, 1.165) is 0 Å². The van der Waals surface area contributed by atoms with Gasteiger partial charge in [-0.05, 0) is 28.6 Å². The van der Waals surface area contributed by atoms with E-state index in [2.05, 4.69) is 15.5 Å². The maximum absolute atomic E-state index is 13.0. The first-order valence-electron chi connectivity index (χ1n) is 5.19. The van der Waals surface area contributed by atoms with Gasteiger partial charge < -0.3 is 5.73 Å². The summed E-state index contributed by atoms with van der Waals surface area (Å²) in [6.07, 6.45) is 1.61. The second-order valence-electron chi connectivity index (χ2n) is 3.73. The van der Waals surface area contributed by atoms with Crippen LogP contribution in [-0.4, -0.2) is 36.4 Å². The number of hydrogen-bond acceptors (Lipinski definition) is 5. The van der Waals surface area contributed by atoms with Crippen LogP contribution >= 0.6 is 0 Å². The van der Waals surface area contributed by atoms with Crippen molar-refractivity contribution < 1.29 is 8.60 Å². The third kappa shape index (κ3) is 2.70. The average molecular weight is 269 g/mol. The lowest BCUT2D eigenvalue weighted by molar-refractivity contribution is 0.623. The lowest BCUT2D eigenvalue weighted by atomic mass is 10.1. The Labute approximate surface area is 105 Å². The molecule has 0 aliphatic carbocycles. The van der Waals surface area contributed by atoms with E-state index in [1.165, 1.54) is 22.9 Å². The fraction of sp³-hybridized carbons (Fsp3) is 0.300. The quantitative estimate of drug-likeness (QED) is 0.814. The van der Waals surface area contributed by atoms with Crippen LogP contribution < -0.4 is 5.73 Å². The maximum Gasteiger partial charge on any atom is 0.184 e. The van der Waals surface area contributed by atoms with Crippen molar-refractivity contribution in [1.29, 1.82) is 0 Å². The molecule has 0 amide bonds. The predicted molar refractivity (Wildman–Crippen MR) is 66.6 cm³/mol. The molecule has 0 radical (unpaired) electrons. The van der Waals surface area contributed by atoms with E-state index < -0.39 is 16.6 Å². The molecular formula is C10H12FN5OS. The Balaban J connectivity index is 2.33. The van der Waals surface area contributed by atoms with Gasteiger partial charge in [0, 0.05) is 34.1 Å². The molecule has 2 aromatic rings. The van der Waals surface area contributed by atoms with Gasteiger partial charge in [0.2, 0.25) is 0 Å². The van der Waals surface area contributed by atoms with E-state index in [1.54, 1.807) is 6.26 Å². The number of rotatable bonds is 4. The van der Waals surface area contributed by atoms with E-state index in [4.69, 9.17) is 5.73 Å². The number of nitrogens with zero attached hydrogens (tertiary/aromatic N) is 4. The van der Waals surface area contributed by atoms with Crippen LogP contribution in [0.2, 0.25) is 0 Å². The van der Waals surface area contributed by atoms with Gasteiger partial charge in [-0.15, -0.1) is 5.10 Å². The van der Waals surface area contributed by atoms with Gasteiger partial charge in [0.1, 0.15) is 5.82 Å². The van der Waals surface area contributed by atoms with Crippen molar-refractivity contribution in [3.63, 3.8) is 0 Å². The molecular weight excluding hydrogens is 257 g/mol. The summed E-state index contributed by atoms with van der Waals surface area (Å²) in [5, 5.41) is 11.2. The fourth-order valence-corrected chi connectivity index (χ4v) is 1.93.